The van der Waals surface area contributed by atoms with Gasteiger partial charge in [0.15, 0.2) is 0 Å². The van der Waals surface area contributed by atoms with E-state index in [0.29, 0.717) is 11.7 Å². The fraction of sp³-hybridized carbons (Fsp3) is 0.500. The van der Waals surface area contributed by atoms with Gasteiger partial charge in [-0.2, -0.15) is 0 Å². The molecular weight excluding hydrogens is 228 g/mol. The number of nitrogens with two attached hydrogens (primary N) is 1. The highest BCUT2D eigenvalue weighted by atomic mass is 79.9. The van der Waals surface area contributed by atoms with Gasteiger partial charge in [0, 0.05) is 10.7 Å². The highest BCUT2D eigenvalue weighted by Gasteiger charge is 2.19. The molecule has 0 aromatic carbocycles. The van der Waals surface area contributed by atoms with Gasteiger partial charge in [0.2, 0.25) is 0 Å². The molecule has 1 aromatic rings. The van der Waals surface area contributed by atoms with E-state index in [9.17, 15) is 0 Å². The molecule has 13 heavy (non-hydrogen) atoms. The van der Waals surface area contributed by atoms with Crippen LogP contribution in [0.5, 0.6) is 0 Å². The van der Waals surface area contributed by atoms with E-state index in [-0.39, 0.29) is 0 Å². The number of aromatic nitrogens is 1. The first kappa shape index (κ1) is 9.00. The van der Waals surface area contributed by atoms with Crippen molar-refractivity contribution in [2.75, 3.05) is 5.73 Å². The lowest BCUT2D eigenvalue weighted by Gasteiger charge is -2.11. The molecule has 0 unspecified atom stereocenters. The van der Waals surface area contributed by atoms with Gasteiger partial charge < -0.3 is 5.73 Å². The second-order valence-corrected chi connectivity index (χ2v) is 4.47. The lowest BCUT2D eigenvalue weighted by Crippen LogP contribution is -1.98. The Hall–Kier alpha value is -0.570. The minimum Gasteiger partial charge on any atom is -0.384 e. The number of halogens is 1. The van der Waals surface area contributed by atoms with Crippen molar-refractivity contribution in [3.8, 4) is 0 Å². The van der Waals surface area contributed by atoms with Gasteiger partial charge in [0.05, 0.1) is 0 Å². The summed E-state index contributed by atoms with van der Waals surface area (Å²) in [6.45, 7) is 0. The van der Waals surface area contributed by atoms with Crippen molar-refractivity contribution in [2.24, 2.45) is 0 Å². The lowest BCUT2D eigenvalue weighted by atomic mass is 9.99. The lowest BCUT2D eigenvalue weighted by molar-refractivity contribution is 0.718. The van der Waals surface area contributed by atoms with Gasteiger partial charge in [-0.25, -0.2) is 4.98 Å². The van der Waals surface area contributed by atoms with E-state index < -0.39 is 0 Å². The largest absolute Gasteiger partial charge is 0.384 e. The van der Waals surface area contributed by atoms with E-state index in [2.05, 4.69) is 20.9 Å². The van der Waals surface area contributed by atoms with Crippen molar-refractivity contribution in [2.45, 2.75) is 31.6 Å². The fourth-order valence-electron chi connectivity index (χ4n) is 2.02. The number of hydrogen-bond acceptors (Lipinski definition) is 2. The first-order chi connectivity index (χ1) is 6.27. The summed E-state index contributed by atoms with van der Waals surface area (Å²) in [5, 5.41) is 0. The van der Waals surface area contributed by atoms with Crippen molar-refractivity contribution in [1.82, 2.24) is 4.98 Å². The summed E-state index contributed by atoms with van der Waals surface area (Å²) in [6, 6.07) is 2.00. The Bertz CT molecular complexity index is 306. The Morgan fingerprint density at radius 1 is 1.38 bits per heavy atom. The van der Waals surface area contributed by atoms with Crippen molar-refractivity contribution >= 4 is 21.7 Å². The van der Waals surface area contributed by atoms with Gasteiger partial charge in [-0.1, -0.05) is 12.8 Å². The average Bonchev–Trinajstić information content (AvgIpc) is 2.61. The molecule has 0 saturated heterocycles. The molecule has 1 heterocycles. The quantitative estimate of drug-likeness (QED) is 0.820. The molecule has 0 atom stereocenters. The van der Waals surface area contributed by atoms with Crippen LogP contribution in [0.1, 0.15) is 37.2 Å². The molecule has 0 bridgehead atoms. The third-order valence-electron chi connectivity index (χ3n) is 2.70. The third kappa shape index (κ3) is 1.85. The summed E-state index contributed by atoms with van der Waals surface area (Å²) in [4.78, 5) is 4.04. The highest BCUT2D eigenvalue weighted by Crippen LogP contribution is 2.37. The minimum absolute atomic E-state index is 0.630. The summed E-state index contributed by atoms with van der Waals surface area (Å²) >= 11 is 3.52. The summed E-state index contributed by atoms with van der Waals surface area (Å²) < 4.78 is 1.11. The van der Waals surface area contributed by atoms with Gasteiger partial charge in [-0.15, -0.1) is 0 Å². The molecule has 2 nitrogen and oxygen atoms in total. The summed E-state index contributed by atoms with van der Waals surface area (Å²) in [5.74, 6) is 1.32. The van der Waals surface area contributed by atoms with Crippen molar-refractivity contribution < 1.29 is 0 Å². The van der Waals surface area contributed by atoms with E-state index in [4.69, 9.17) is 5.73 Å². The van der Waals surface area contributed by atoms with Gasteiger partial charge in [-0.3, -0.25) is 0 Å². The number of hydrogen-bond donors (Lipinski definition) is 1. The molecule has 1 aromatic heterocycles. The predicted molar refractivity (Wildman–Crippen MR) is 57.6 cm³/mol. The molecule has 0 spiro atoms. The van der Waals surface area contributed by atoms with Crippen molar-refractivity contribution in [1.29, 1.82) is 0 Å². The fourth-order valence-corrected chi connectivity index (χ4v) is 2.56. The van der Waals surface area contributed by atoms with Crippen LogP contribution in [0.15, 0.2) is 16.7 Å². The topological polar surface area (TPSA) is 38.9 Å². The minimum atomic E-state index is 0.630. The summed E-state index contributed by atoms with van der Waals surface area (Å²) in [7, 11) is 0. The molecule has 1 saturated carbocycles. The van der Waals surface area contributed by atoms with Crippen molar-refractivity contribution in [3.63, 3.8) is 0 Å². The van der Waals surface area contributed by atoms with Crippen LogP contribution in [0, 0.1) is 0 Å². The summed E-state index contributed by atoms with van der Waals surface area (Å²) in [6.07, 6.45) is 7.09. The van der Waals surface area contributed by atoms with Crippen molar-refractivity contribution in [3.05, 3.63) is 22.3 Å². The maximum atomic E-state index is 5.66. The van der Waals surface area contributed by atoms with Crippen LogP contribution in [0.4, 0.5) is 5.82 Å². The monoisotopic (exact) mass is 240 g/mol. The SMILES string of the molecule is Nc1cc(C2CCCC2)c(Br)cn1. The first-order valence-electron chi connectivity index (χ1n) is 4.68. The zero-order valence-corrected chi connectivity index (χ0v) is 9.05. The summed E-state index contributed by atoms with van der Waals surface area (Å²) in [5.41, 5.74) is 7.00. The standard InChI is InChI=1S/C10H13BrN2/c11-9-6-13-10(12)5-8(9)7-3-1-2-4-7/h5-7H,1-4H2,(H2,12,13). The Kier molecular flexibility index (Phi) is 2.54. The molecule has 3 heteroatoms. The number of pyridine rings is 1. The molecule has 70 valence electrons. The molecular formula is C10H13BrN2. The second kappa shape index (κ2) is 3.66. The normalized spacial score (nSPS) is 17.9. The molecule has 1 aliphatic carbocycles. The molecule has 1 fully saturated rings. The Morgan fingerprint density at radius 2 is 2.08 bits per heavy atom. The van der Waals surface area contributed by atoms with Gasteiger partial charge in [0.25, 0.3) is 0 Å². The molecule has 2 rings (SSSR count). The van der Waals surface area contributed by atoms with E-state index in [0.717, 1.165) is 4.47 Å². The van der Waals surface area contributed by atoms with Crippen LogP contribution in [0.3, 0.4) is 0 Å². The Labute approximate surface area is 86.7 Å². The Morgan fingerprint density at radius 3 is 2.77 bits per heavy atom. The molecule has 0 aliphatic heterocycles. The van der Waals surface area contributed by atoms with Gasteiger partial charge >= 0.3 is 0 Å². The molecule has 0 amide bonds. The van der Waals surface area contributed by atoms with E-state index in [1.54, 1.807) is 0 Å². The number of nitrogens with zero attached hydrogens (tertiary/aromatic N) is 1. The van der Waals surface area contributed by atoms with Gasteiger partial charge in [-0.05, 0) is 46.3 Å². The van der Waals surface area contributed by atoms with Gasteiger partial charge in [0.1, 0.15) is 5.82 Å². The van der Waals surface area contributed by atoms with Crippen LogP contribution in [-0.2, 0) is 0 Å². The number of anilines is 1. The Balaban J connectivity index is 2.32. The predicted octanol–water partition coefficient (Wildman–Crippen LogP) is 3.08. The zero-order valence-electron chi connectivity index (χ0n) is 7.46. The highest BCUT2D eigenvalue weighted by molar-refractivity contribution is 9.10. The molecule has 1 aliphatic rings. The van der Waals surface area contributed by atoms with E-state index >= 15 is 0 Å². The average molecular weight is 241 g/mol. The van der Waals surface area contributed by atoms with Crippen LogP contribution in [-0.4, -0.2) is 4.98 Å². The second-order valence-electron chi connectivity index (χ2n) is 3.61. The van der Waals surface area contributed by atoms with Crippen LogP contribution >= 0.6 is 15.9 Å². The smallest absolute Gasteiger partial charge is 0.123 e. The maximum absolute atomic E-state index is 5.66. The third-order valence-corrected chi connectivity index (χ3v) is 3.36. The maximum Gasteiger partial charge on any atom is 0.123 e. The first-order valence-corrected chi connectivity index (χ1v) is 5.47. The van der Waals surface area contributed by atoms with E-state index in [1.165, 1.54) is 31.2 Å². The number of rotatable bonds is 1. The van der Waals surface area contributed by atoms with E-state index in [1.807, 2.05) is 12.3 Å². The van der Waals surface area contributed by atoms with Crippen LogP contribution < -0.4 is 5.73 Å². The number of nitrogen functional groups attached to an aromatic ring is 1. The molecule has 0 radical (unpaired) electrons. The van der Waals surface area contributed by atoms with Crippen LogP contribution in [0.2, 0.25) is 0 Å². The van der Waals surface area contributed by atoms with Crippen LogP contribution in [0.25, 0.3) is 0 Å². The molecule has 2 N–H and O–H groups in total. The zero-order chi connectivity index (χ0) is 9.26.